The molecule has 0 aliphatic heterocycles. The van der Waals surface area contributed by atoms with Crippen molar-refractivity contribution in [1.29, 1.82) is 0 Å². The highest BCUT2D eigenvalue weighted by Crippen LogP contribution is 2.13. The molecule has 2 aromatic rings. The van der Waals surface area contributed by atoms with Crippen LogP contribution >= 0.6 is 11.6 Å². The Hall–Kier alpha value is -1.43. The number of aromatic nitrogens is 3. The number of hydrogen-bond acceptors (Lipinski definition) is 4. The third-order valence-corrected chi connectivity index (χ3v) is 3.40. The summed E-state index contributed by atoms with van der Waals surface area (Å²) < 4.78 is 1.93. The van der Waals surface area contributed by atoms with Crippen molar-refractivity contribution in [2.45, 2.75) is 38.8 Å². The topological polar surface area (TPSA) is 68.8 Å². The number of nitrogens with one attached hydrogen (secondary N) is 1. The maximum Gasteiger partial charge on any atom is 0.138 e. The van der Waals surface area contributed by atoms with E-state index in [1.807, 2.05) is 28.9 Å². The van der Waals surface area contributed by atoms with Crippen molar-refractivity contribution in [1.82, 2.24) is 20.2 Å². The zero-order valence-electron chi connectivity index (χ0n) is 11.6. The molecule has 2 rings (SSSR count). The lowest BCUT2D eigenvalue weighted by atomic mass is 10.0. The van der Waals surface area contributed by atoms with E-state index in [1.54, 1.807) is 6.33 Å². The molecule has 0 amide bonds. The minimum Gasteiger partial charge on any atom is -0.271 e. The quantitative estimate of drug-likeness (QED) is 0.605. The Morgan fingerprint density at radius 1 is 1.40 bits per heavy atom. The maximum absolute atomic E-state index is 6.00. The Labute approximate surface area is 124 Å². The molecule has 1 unspecified atom stereocenters. The van der Waals surface area contributed by atoms with E-state index in [4.69, 9.17) is 17.4 Å². The molecule has 20 heavy (non-hydrogen) atoms. The van der Waals surface area contributed by atoms with E-state index in [2.05, 4.69) is 22.4 Å². The van der Waals surface area contributed by atoms with E-state index in [0.29, 0.717) is 0 Å². The molecule has 0 radical (unpaired) electrons. The molecular weight excluding hydrogens is 274 g/mol. The Bertz CT molecular complexity index is 540. The van der Waals surface area contributed by atoms with E-state index in [-0.39, 0.29) is 6.04 Å². The van der Waals surface area contributed by atoms with E-state index < -0.39 is 0 Å². The van der Waals surface area contributed by atoms with Gasteiger partial charge in [-0.15, -0.1) is 0 Å². The second-order valence-corrected chi connectivity index (χ2v) is 5.24. The van der Waals surface area contributed by atoms with E-state index in [0.717, 1.165) is 42.2 Å². The van der Waals surface area contributed by atoms with Crippen molar-refractivity contribution < 1.29 is 0 Å². The van der Waals surface area contributed by atoms with Gasteiger partial charge in [0.25, 0.3) is 0 Å². The van der Waals surface area contributed by atoms with Gasteiger partial charge in [0, 0.05) is 24.0 Å². The smallest absolute Gasteiger partial charge is 0.138 e. The minimum atomic E-state index is 0.105. The molecule has 3 N–H and O–H groups in total. The van der Waals surface area contributed by atoms with Crippen LogP contribution in [-0.2, 0) is 19.4 Å². The van der Waals surface area contributed by atoms with Crippen LogP contribution in [-0.4, -0.2) is 20.8 Å². The highest BCUT2D eigenvalue weighted by molar-refractivity contribution is 6.30. The minimum absolute atomic E-state index is 0.105. The first-order chi connectivity index (χ1) is 9.72. The average molecular weight is 294 g/mol. The molecule has 0 fully saturated rings. The van der Waals surface area contributed by atoms with E-state index >= 15 is 0 Å². The fourth-order valence-corrected chi connectivity index (χ4v) is 2.42. The first-order valence-corrected chi connectivity index (χ1v) is 7.18. The van der Waals surface area contributed by atoms with Crippen molar-refractivity contribution in [3.05, 3.63) is 47.0 Å². The fourth-order valence-electron chi connectivity index (χ4n) is 2.20. The van der Waals surface area contributed by atoms with Gasteiger partial charge in [0.05, 0.1) is 0 Å². The van der Waals surface area contributed by atoms with Crippen LogP contribution in [0.15, 0.2) is 30.6 Å². The highest BCUT2D eigenvalue weighted by atomic mass is 35.5. The van der Waals surface area contributed by atoms with Crippen molar-refractivity contribution in [2.24, 2.45) is 5.84 Å². The zero-order chi connectivity index (χ0) is 14.4. The summed E-state index contributed by atoms with van der Waals surface area (Å²) in [5.74, 6) is 6.61. The van der Waals surface area contributed by atoms with E-state index in [9.17, 15) is 0 Å². The molecule has 1 aromatic carbocycles. The first kappa shape index (κ1) is 15.0. The molecule has 0 spiro atoms. The van der Waals surface area contributed by atoms with Crippen LogP contribution in [0.5, 0.6) is 0 Å². The third-order valence-electron chi connectivity index (χ3n) is 3.17. The number of hydrazine groups is 1. The van der Waals surface area contributed by atoms with Gasteiger partial charge in [-0.25, -0.2) is 4.98 Å². The molecule has 0 saturated carbocycles. The van der Waals surface area contributed by atoms with Gasteiger partial charge in [0.1, 0.15) is 12.2 Å². The number of nitrogens with zero attached hydrogens (tertiary/aromatic N) is 3. The van der Waals surface area contributed by atoms with Crippen molar-refractivity contribution in [2.75, 3.05) is 0 Å². The Morgan fingerprint density at radius 3 is 2.95 bits per heavy atom. The number of halogens is 1. The lowest BCUT2D eigenvalue weighted by Gasteiger charge is -2.16. The van der Waals surface area contributed by atoms with Crippen molar-refractivity contribution in [3.8, 4) is 0 Å². The Balaban J connectivity index is 2.03. The van der Waals surface area contributed by atoms with Crippen LogP contribution in [0, 0.1) is 0 Å². The van der Waals surface area contributed by atoms with Gasteiger partial charge in [-0.2, -0.15) is 5.10 Å². The Morgan fingerprint density at radius 2 is 2.25 bits per heavy atom. The monoisotopic (exact) mass is 293 g/mol. The van der Waals surface area contributed by atoms with Crippen LogP contribution in [0.3, 0.4) is 0 Å². The summed E-state index contributed by atoms with van der Waals surface area (Å²) in [6.45, 7) is 3.00. The SMILES string of the molecule is CCCn1ncnc1CC(Cc1cccc(Cl)c1)NN. The van der Waals surface area contributed by atoms with Crippen LogP contribution in [0.1, 0.15) is 24.7 Å². The van der Waals surface area contributed by atoms with Crippen LogP contribution in [0.4, 0.5) is 0 Å². The van der Waals surface area contributed by atoms with Gasteiger partial charge in [0.2, 0.25) is 0 Å². The van der Waals surface area contributed by atoms with Gasteiger partial charge >= 0.3 is 0 Å². The van der Waals surface area contributed by atoms with Gasteiger partial charge in [-0.3, -0.25) is 16.0 Å². The van der Waals surface area contributed by atoms with Crippen LogP contribution in [0.25, 0.3) is 0 Å². The average Bonchev–Trinajstić information content (AvgIpc) is 2.86. The number of benzene rings is 1. The summed E-state index contributed by atoms with van der Waals surface area (Å²) >= 11 is 6.00. The largest absolute Gasteiger partial charge is 0.271 e. The predicted molar refractivity (Wildman–Crippen MR) is 80.3 cm³/mol. The molecule has 108 valence electrons. The van der Waals surface area contributed by atoms with Crippen molar-refractivity contribution >= 4 is 11.6 Å². The standard InChI is InChI=1S/C14H20ClN5/c1-2-6-20-14(17-10-18-20)9-13(19-16)8-11-4-3-5-12(15)7-11/h3-5,7,10,13,19H,2,6,8-9,16H2,1H3. The normalized spacial score (nSPS) is 12.6. The molecule has 5 nitrogen and oxygen atoms in total. The molecule has 0 saturated heterocycles. The highest BCUT2D eigenvalue weighted by Gasteiger charge is 2.13. The molecule has 0 bridgehead atoms. The van der Waals surface area contributed by atoms with Gasteiger partial charge < -0.3 is 0 Å². The second kappa shape index (κ2) is 7.38. The molecule has 6 heteroatoms. The first-order valence-electron chi connectivity index (χ1n) is 6.80. The number of aryl methyl sites for hydroxylation is 1. The van der Waals surface area contributed by atoms with Crippen LogP contribution < -0.4 is 11.3 Å². The fraction of sp³-hybridized carbons (Fsp3) is 0.429. The summed E-state index contributed by atoms with van der Waals surface area (Å²) in [5.41, 5.74) is 4.01. The third kappa shape index (κ3) is 4.03. The van der Waals surface area contributed by atoms with Gasteiger partial charge in [-0.05, 0) is 30.5 Å². The number of hydrogen-bond donors (Lipinski definition) is 2. The summed E-state index contributed by atoms with van der Waals surface area (Å²) in [4.78, 5) is 4.31. The molecular formula is C14H20ClN5. The molecule has 1 atom stereocenters. The summed E-state index contributed by atoms with van der Waals surface area (Å²) in [6, 6.07) is 7.93. The van der Waals surface area contributed by atoms with Crippen LogP contribution in [0.2, 0.25) is 5.02 Å². The summed E-state index contributed by atoms with van der Waals surface area (Å²) in [5, 5.41) is 4.97. The second-order valence-electron chi connectivity index (χ2n) is 4.80. The molecule has 0 aliphatic carbocycles. The lowest BCUT2D eigenvalue weighted by molar-refractivity contribution is 0.482. The van der Waals surface area contributed by atoms with Gasteiger partial charge in [0.15, 0.2) is 0 Å². The van der Waals surface area contributed by atoms with Gasteiger partial charge in [-0.1, -0.05) is 30.7 Å². The maximum atomic E-state index is 6.00. The lowest BCUT2D eigenvalue weighted by Crippen LogP contribution is -2.39. The zero-order valence-corrected chi connectivity index (χ0v) is 12.3. The summed E-state index contributed by atoms with van der Waals surface area (Å²) in [6.07, 6.45) is 4.17. The molecule has 1 heterocycles. The van der Waals surface area contributed by atoms with E-state index in [1.165, 1.54) is 0 Å². The number of rotatable bonds is 7. The summed E-state index contributed by atoms with van der Waals surface area (Å²) in [7, 11) is 0. The molecule has 0 aliphatic rings. The molecule has 1 aromatic heterocycles. The Kier molecular flexibility index (Phi) is 5.52. The predicted octanol–water partition coefficient (Wildman–Crippen LogP) is 1.96. The number of nitrogens with two attached hydrogens (primary N) is 1. The van der Waals surface area contributed by atoms with Crippen molar-refractivity contribution in [3.63, 3.8) is 0 Å².